The minimum Gasteiger partial charge on any atom is -0.457 e. The SMILES string of the molecule is COCN(C(=O)Nc1ccc(Oc2ccc(F)cc2)c(C(F)(F)F)c1)c1ccc(Oc2ccnc3[nH]ncc23)cc1. The van der Waals surface area contributed by atoms with Crippen LogP contribution in [0.1, 0.15) is 5.56 Å². The number of H-pyrrole nitrogens is 1. The lowest BCUT2D eigenvalue weighted by Gasteiger charge is -2.23. The van der Waals surface area contributed by atoms with E-state index in [-0.39, 0.29) is 18.2 Å². The summed E-state index contributed by atoms with van der Waals surface area (Å²) in [5.41, 5.74) is -0.295. The van der Waals surface area contributed by atoms with Gasteiger partial charge in [0.15, 0.2) is 5.65 Å². The third-order valence-corrected chi connectivity index (χ3v) is 5.77. The van der Waals surface area contributed by atoms with Crippen LogP contribution in [0.4, 0.5) is 33.7 Å². The standard InChI is InChI=1S/C28H21F4N5O4/c1-39-16-37(19-5-9-21(10-6-19)40-24-12-13-33-26-22(24)15-34-36-26)27(38)35-18-4-11-25(23(14-18)28(30,31)32)41-20-7-2-17(29)3-8-20/h2-15H,16H2,1H3,(H,35,38)(H,33,34,36). The lowest BCUT2D eigenvalue weighted by molar-refractivity contribution is -0.138. The van der Waals surface area contributed by atoms with Gasteiger partial charge in [0.25, 0.3) is 0 Å². The number of benzene rings is 3. The van der Waals surface area contributed by atoms with E-state index in [2.05, 4.69) is 20.5 Å². The molecule has 0 aliphatic rings. The van der Waals surface area contributed by atoms with Crippen molar-refractivity contribution in [2.45, 2.75) is 6.18 Å². The summed E-state index contributed by atoms with van der Waals surface area (Å²) in [5.74, 6) is -0.0559. The summed E-state index contributed by atoms with van der Waals surface area (Å²) in [7, 11) is 1.38. The predicted molar refractivity (Wildman–Crippen MR) is 142 cm³/mol. The van der Waals surface area contributed by atoms with E-state index in [1.807, 2.05) is 0 Å². The molecule has 2 heterocycles. The number of urea groups is 1. The van der Waals surface area contributed by atoms with E-state index in [0.717, 1.165) is 24.3 Å². The molecule has 5 rings (SSSR count). The number of fused-ring (bicyclic) bond motifs is 1. The number of nitrogens with zero attached hydrogens (tertiary/aromatic N) is 3. The first-order valence-electron chi connectivity index (χ1n) is 12.0. The highest BCUT2D eigenvalue weighted by Crippen LogP contribution is 2.40. The van der Waals surface area contributed by atoms with E-state index in [9.17, 15) is 22.4 Å². The number of hydrogen-bond donors (Lipinski definition) is 2. The molecular weight excluding hydrogens is 546 g/mol. The summed E-state index contributed by atoms with van der Waals surface area (Å²) in [6.07, 6.45) is -1.64. The third kappa shape index (κ3) is 6.36. The van der Waals surface area contributed by atoms with Crippen LogP contribution in [-0.4, -0.2) is 35.1 Å². The van der Waals surface area contributed by atoms with Crippen molar-refractivity contribution in [2.75, 3.05) is 24.1 Å². The molecule has 2 aromatic heterocycles. The Morgan fingerprint density at radius 2 is 1.63 bits per heavy atom. The van der Waals surface area contributed by atoms with Gasteiger partial charge in [-0.15, -0.1) is 0 Å². The number of ether oxygens (including phenoxy) is 3. The van der Waals surface area contributed by atoms with E-state index in [4.69, 9.17) is 14.2 Å². The zero-order valence-electron chi connectivity index (χ0n) is 21.3. The zero-order valence-corrected chi connectivity index (χ0v) is 21.3. The van der Waals surface area contributed by atoms with E-state index in [0.29, 0.717) is 28.2 Å². The van der Waals surface area contributed by atoms with E-state index in [1.54, 1.807) is 42.7 Å². The number of carbonyl (C=O) groups is 1. The minimum absolute atomic E-state index is 0.0190. The van der Waals surface area contributed by atoms with Crippen LogP contribution in [0.5, 0.6) is 23.0 Å². The molecule has 5 aromatic rings. The molecule has 0 saturated heterocycles. The van der Waals surface area contributed by atoms with Gasteiger partial charge >= 0.3 is 12.2 Å². The van der Waals surface area contributed by atoms with Gasteiger partial charge in [-0.25, -0.2) is 14.2 Å². The number of anilines is 2. The van der Waals surface area contributed by atoms with Gasteiger partial charge in [0.2, 0.25) is 0 Å². The first-order chi connectivity index (χ1) is 19.7. The van der Waals surface area contributed by atoms with Crippen LogP contribution in [0.15, 0.2) is 85.2 Å². The zero-order chi connectivity index (χ0) is 29.0. The molecule has 13 heteroatoms. The highest BCUT2D eigenvalue weighted by Gasteiger charge is 2.35. The summed E-state index contributed by atoms with van der Waals surface area (Å²) >= 11 is 0. The number of halogens is 4. The van der Waals surface area contributed by atoms with Crippen molar-refractivity contribution in [1.29, 1.82) is 0 Å². The fourth-order valence-corrected chi connectivity index (χ4v) is 3.86. The van der Waals surface area contributed by atoms with Crippen LogP contribution in [0.2, 0.25) is 0 Å². The average molecular weight is 567 g/mol. The van der Waals surface area contributed by atoms with Crippen molar-refractivity contribution in [1.82, 2.24) is 15.2 Å². The van der Waals surface area contributed by atoms with Gasteiger partial charge in [-0.05, 0) is 72.8 Å². The van der Waals surface area contributed by atoms with E-state index in [1.165, 1.54) is 30.2 Å². The second kappa shape index (κ2) is 11.5. The monoisotopic (exact) mass is 567 g/mol. The number of hydrogen-bond acceptors (Lipinski definition) is 6. The van der Waals surface area contributed by atoms with Crippen LogP contribution < -0.4 is 19.7 Å². The van der Waals surface area contributed by atoms with Gasteiger partial charge in [0.1, 0.15) is 41.1 Å². The maximum absolute atomic E-state index is 13.8. The molecule has 0 radical (unpaired) electrons. The molecule has 0 atom stereocenters. The normalized spacial score (nSPS) is 11.3. The van der Waals surface area contributed by atoms with Crippen LogP contribution in [0.3, 0.4) is 0 Å². The Kier molecular flexibility index (Phi) is 7.70. The Labute approximate surface area is 230 Å². The van der Waals surface area contributed by atoms with Crippen molar-refractivity contribution in [3.63, 3.8) is 0 Å². The molecule has 2 N–H and O–H groups in total. The molecule has 3 aromatic carbocycles. The van der Waals surface area contributed by atoms with Gasteiger partial charge in [-0.2, -0.15) is 18.3 Å². The fourth-order valence-electron chi connectivity index (χ4n) is 3.86. The van der Waals surface area contributed by atoms with Gasteiger partial charge < -0.3 is 19.5 Å². The number of rotatable bonds is 8. The Morgan fingerprint density at radius 3 is 2.32 bits per heavy atom. The summed E-state index contributed by atoms with van der Waals surface area (Å²) < 4.78 is 71.1. The topological polar surface area (TPSA) is 102 Å². The Balaban J connectivity index is 1.33. The second-order valence-corrected chi connectivity index (χ2v) is 8.58. The molecule has 0 unspecified atom stereocenters. The maximum Gasteiger partial charge on any atom is 0.420 e. The van der Waals surface area contributed by atoms with Crippen molar-refractivity contribution in [3.05, 3.63) is 96.6 Å². The number of aromatic nitrogens is 3. The van der Waals surface area contributed by atoms with Crippen LogP contribution in [-0.2, 0) is 10.9 Å². The molecule has 2 amide bonds. The number of aromatic amines is 1. The Bertz CT molecular complexity index is 1660. The molecule has 0 aliphatic heterocycles. The number of amides is 2. The van der Waals surface area contributed by atoms with Gasteiger partial charge in [0, 0.05) is 24.7 Å². The largest absolute Gasteiger partial charge is 0.457 e. The molecule has 0 bridgehead atoms. The quantitative estimate of drug-likeness (QED) is 0.150. The molecule has 0 fully saturated rings. The smallest absolute Gasteiger partial charge is 0.420 e. The first kappa shape index (κ1) is 27.4. The molecule has 210 valence electrons. The number of carbonyl (C=O) groups excluding carboxylic acids is 1. The van der Waals surface area contributed by atoms with Gasteiger partial charge in [-0.3, -0.25) is 10.00 Å². The summed E-state index contributed by atoms with van der Waals surface area (Å²) in [5, 5.41) is 9.85. The highest BCUT2D eigenvalue weighted by molar-refractivity contribution is 6.01. The Hall–Kier alpha value is -5.17. The second-order valence-electron chi connectivity index (χ2n) is 8.58. The van der Waals surface area contributed by atoms with Gasteiger partial charge in [0.05, 0.1) is 11.6 Å². The van der Waals surface area contributed by atoms with E-state index < -0.39 is 29.3 Å². The van der Waals surface area contributed by atoms with Crippen molar-refractivity contribution < 1.29 is 36.6 Å². The Morgan fingerprint density at radius 1 is 0.951 bits per heavy atom. The predicted octanol–water partition coefficient (Wildman–Crippen LogP) is 7.34. The molecule has 0 saturated carbocycles. The van der Waals surface area contributed by atoms with Crippen molar-refractivity contribution in [3.8, 4) is 23.0 Å². The van der Waals surface area contributed by atoms with Crippen LogP contribution in [0, 0.1) is 5.82 Å². The molecular formula is C28H21F4N5O4. The summed E-state index contributed by atoms with van der Waals surface area (Å²) in [6.45, 7) is -0.191. The molecule has 41 heavy (non-hydrogen) atoms. The molecule has 0 spiro atoms. The number of nitrogens with one attached hydrogen (secondary N) is 2. The fraction of sp³-hybridized carbons (Fsp3) is 0.107. The highest BCUT2D eigenvalue weighted by atomic mass is 19.4. The molecule has 9 nitrogen and oxygen atoms in total. The van der Waals surface area contributed by atoms with Gasteiger partial charge in [-0.1, -0.05) is 0 Å². The van der Waals surface area contributed by atoms with Crippen LogP contribution in [0.25, 0.3) is 11.0 Å². The van der Waals surface area contributed by atoms with Crippen molar-refractivity contribution in [2.24, 2.45) is 0 Å². The lowest BCUT2D eigenvalue weighted by atomic mass is 10.1. The number of alkyl halides is 3. The summed E-state index contributed by atoms with van der Waals surface area (Å²) in [6, 6.07) is 15.0. The summed E-state index contributed by atoms with van der Waals surface area (Å²) in [4.78, 5) is 18.5. The van der Waals surface area contributed by atoms with Crippen LogP contribution >= 0.6 is 0 Å². The molecule has 0 aliphatic carbocycles. The third-order valence-electron chi connectivity index (χ3n) is 5.77. The number of pyridine rings is 1. The minimum atomic E-state index is -4.80. The van der Waals surface area contributed by atoms with Crippen molar-refractivity contribution >= 4 is 28.4 Å². The van der Waals surface area contributed by atoms with E-state index >= 15 is 0 Å². The maximum atomic E-state index is 13.8. The lowest BCUT2D eigenvalue weighted by Crippen LogP contribution is -2.36. The average Bonchev–Trinajstić information content (AvgIpc) is 3.44. The number of methoxy groups -OCH3 is 1. The first-order valence-corrected chi connectivity index (χ1v) is 12.0.